The Labute approximate surface area is 91.9 Å². The fourth-order valence-electron chi connectivity index (χ4n) is 1.63. The molecule has 1 N–H and O–H groups in total. The molecule has 0 spiro atoms. The predicted molar refractivity (Wildman–Crippen MR) is 62.3 cm³/mol. The van der Waals surface area contributed by atoms with Crippen molar-refractivity contribution in [2.24, 2.45) is 7.05 Å². The summed E-state index contributed by atoms with van der Waals surface area (Å²) in [6.07, 6.45) is 10.0. The van der Waals surface area contributed by atoms with Gasteiger partial charge in [0.1, 0.15) is 0 Å². The second-order valence-corrected chi connectivity index (χ2v) is 3.63. The Morgan fingerprint density at radius 1 is 1.67 bits per heavy atom. The van der Waals surface area contributed by atoms with Crippen molar-refractivity contribution in [3.8, 4) is 12.3 Å². The van der Waals surface area contributed by atoms with Crippen molar-refractivity contribution in [3.05, 3.63) is 18.0 Å². The van der Waals surface area contributed by atoms with Crippen molar-refractivity contribution >= 4 is 0 Å². The normalized spacial score (nSPS) is 12.3. The summed E-state index contributed by atoms with van der Waals surface area (Å²) in [7, 11) is 1.96. The average molecular weight is 205 g/mol. The number of aryl methyl sites for hydroxylation is 1. The van der Waals surface area contributed by atoms with E-state index in [4.69, 9.17) is 6.42 Å². The first-order valence-electron chi connectivity index (χ1n) is 5.44. The zero-order valence-electron chi connectivity index (χ0n) is 9.53. The van der Waals surface area contributed by atoms with Gasteiger partial charge in [-0.3, -0.25) is 4.68 Å². The lowest BCUT2D eigenvalue weighted by molar-refractivity contribution is 0.473. The number of rotatable bonds is 6. The molecule has 1 aromatic rings. The Morgan fingerprint density at radius 3 is 3.00 bits per heavy atom. The van der Waals surface area contributed by atoms with E-state index in [1.165, 1.54) is 5.69 Å². The van der Waals surface area contributed by atoms with Crippen molar-refractivity contribution < 1.29 is 0 Å². The standard InChI is InChI=1S/C12H19N3/c1-4-6-7-11(13-9-5-2)12-8-10-14-15(12)3/h1,8,10-11,13H,5-7,9H2,2-3H3. The van der Waals surface area contributed by atoms with Gasteiger partial charge in [-0.15, -0.1) is 12.3 Å². The summed E-state index contributed by atoms with van der Waals surface area (Å²) in [4.78, 5) is 0. The molecule has 15 heavy (non-hydrogen) atoms. The molecule has 0 saturated heterocycles. The van der Waals surface area contributed by atoms with Gasteiger partial charge in [-0.05, 0) is 25.5 Å². The van der Waals surface area contributed by atoms with Gasteiger partial charge < -0.3 is 5.32 Å². The average Bonchev–Trinajstić information content (AvgIpc) is 2.65. The first kappa shape index (κ1) is 11.8. The van der Waals surface area contributed by atoms with Crippen molar-refractivity contribution in [3.63, 3.8) is 0 Å². The zero-order valence-corrected chi connectivity index (χ0v) is 9.53. The minimum atomic E-state index is 0.327. The van der Waals surface area contributed by atoms with Gasteiger partial charge in [0.2, 0.25) is 0 Å². The molecule has 1 rings (SSSR count). The van der Waals surface area contributed by atoms with E-state index in [1.807, 2.05) is 24.0 Å². The monoisotopic (exact) mass is 205 g/mol. The number of aromatic nitrogens is 2. The minimum Gasteiger partial charge on any atom is -0.309 e. The summed E-state index contributed by atoms with van der Waals surface area (Å²) in [5, 5.41) is 7.67. The maximum Gasteiger partial charge on any atom is 0.0550 e. The molecule has 0 aliphatic heterocycles. The third-order valence-electron chi connectivity index (χ3n) is 2.43. The summed E-state index contributed by atoms with van der Waals surface area (Å²) < 4.78 is 1.91. The molecule has 1 heterocycles. The highest BCUT2D eigenvalue weighted by molar-refractivity contribution is 5.07. The molecule has 0 bridgehead atoms. The van der Waals surface area contributed by atoms with E-state index < -0.39 is 0 Å². The third kappa shape index (κ3) is 3.41. The topological polar surface area (TPSA) is 29.9 Å². The first-order chi connectivity index (χ1) is 7.29. The van der Waals surface area contributed by atoms with Crippen molar-refractivity contribution in [2.45, 2.75) is 32.2 Å². The largest absolute Gasteiger partial charge is 0.309 e. The molecule has 3 heteroatoms. The van der Waals surface area contributed by atoms with Crippen LogP contribution in [0.3, 0.4) is 0 Å². The van der Waals surface area contributed by atoms with E-state index >= 15 is 0 Å². The number of hydrogen-bond acceptors (Lipinski definition) is 2. The molecule has 0 aliphatic rings. The molecular weight excluding hydrogens is 186 g/mol. The zero-order chi connectivity index (χ0) is 11.1. The quantitative estimate of drug-likeness (QED) is 0.719. The minimum absolute atomic E-state index is 0.327. The van der Waals surface area contributed by atoms with Crippen LogP contribution in [0.5, 0.6) is 0 Å². The summed E-state index contributed by atoms with van der Waals surface area (Å²) in [6, 6.07) is 2.37. The Hall–Kier alpha value is -1.27. The highest BCUT2D eigenvalue weighted by Crippen LogP contribution is 2.17. The molecule has 0 aliphatic carbocycles. The second kappa shape index (κ2) is 6.26. The number of nitrogens with zero attached hydrogens (tertiary/aromatic N) is 2. The maximum atomic E-state index is 5.30. The molecule has 1 aromatic heterocycles. The fraction of sp³-hybridized carbons (Fsp3) is 0.583. The van der Waals surface area contributed by atoms with E-state index in [9.17, 15) is 0 Å². The summed E-state index contributed by atoms with van der Waals surface area (Å²) in [5.41, 5.74) is 1.21. The van der Waals surface area contributed by atoms with Gasteiger partial charge >= 0.3 is 0 Å². The fourth-order valence-corrected chi connectivity index (χ4v) is 1.63. The SMILES string of the molecule is C#CCCC(NCCC)c1ccnn1C. The van der Waals surface area contributed by atoms with Gasteiger partial charge in [0.15, 0.2) is 0 Å². The van der Waals surface area contributed by atoms with E-state index in [1.54, 1.807) is 0 Å². The Kier molecular flexibility index (Phi) is 4.92. The van der Waals surface area contributed by atoms with E-state index in [-0.39, 0.29) is 0 Å². The number of hydrogen-bond donors (Lipinski definition) is 1. The van der Waals surface area contributed by atoms with Gasteiger partial charge in [-0.25, -0.2) is 0 Å². The molecule has 0 radical (unpaired) electrons. The summed E-state index contributed by atoms with van der Waals surface area (Å²) in [5.74, 6) is 2.69. The Morgan fingerprint density at radius 2 is 2.47 bits per heavy atom. The molecule has 3 nitrogen and oxygen atoms in total. The van der Waals surface area contributed by atoms with Crippen LogP contribution in [0.2, 0.25) is 0 Å². The van der Waals surface area contributed by atoms with Gasteiger partial charge in [0.05, 0.1) is 11.7 Å². The van der Waals surface area contributed by atoms with Gasteiger partial charge in [0.25, 0.3) is 0 Å². The van der Waals surface area contributed by atoms with Crippen molar-refractivity contribution in [1.82, 2.24) is 15.1 Å². The number of nitrogens with one attached hydrogen (secondary N) is 1. The third-order valence-corrected chi connectivity index (χ3v) is 2.43. The summed E-state index contributed by atoms with van der Waals surface area (Å²) in [6.45, 7) is 3.18. The Bertz CT molecular complexity index is 322. The lowest BCUT2D eigenvalue weighted by atomic mass is 10.1. The molecule has 0 fully saturated rings. The van der Waals surface area contributed by atoms with Gasteiger partial charge in [-0.2, -0.15) is 5.10 Å². The molecule has 0 saturated carbocycles. The van der Waals surface area contributed by atoms with Crippen molar-refractivity contribution in [2.75, 3.05) is 6.54 Å². The smallest absolute Gasteiger partial charge is 0.0550 e. The second-order valence-electron chi connectivity index (χ2n) is 3.63. The van der Waals surface area contributed by atoms with E-state index in [2.05, 4.69) is 23.3 Å². The predicted octanol–water partition coefficient (Wildman–Crippen LogP) is 1.87. The van der Waals surface area contributed by atoms with Crippen LogP contribution in [-0.2, 0) is 7.05 Å². The molecule has 82 valence electrons. The highest BCUT2D eigenvalue weighted by Gasteiger charge is 2.12. The molecule has 1 unspecified atom stereocenters. The van der Waals surface area contributed by atoms with E-state index in [0.29, 0.717) is 6.04 Å². The van der Waals surface area contributed by atoms with Crippen LogP contribution in [0.4, 0.5) is 0 Å². The van der Waals surface area contributed by atoms with Crippen LogP contribution < -0.4 is 5.32 Å². The van der Waals surface area contributed by atoms with Crippen LogP contribution >= 0.6 is 0 Å². The molecular formula is C12H19N3. The van der Waals surface area contributed by atoms with E-state index in [0.717, 1.165) is 25.8 Å². The highest BCUT2D eigenvalue weighted by atomic mass is 15.3. The van der Waals surface area contributed by atoms with Crippen LogP contribution in [0.25, 0.3) is 0 Å². The molecule has 1 atom stereocenters. The van der Waals surface area contributed by atoms with Gasteiger partial charge in [0, 0.05) is 19.7 Å². The first-order valence-corrected chi connectivity index (χ1v) is 5.44. The van der Waals surface area contributed by atoms with Crippen molar-refractivity contribution in [1.29, 1.82) is 0 Å². The van der Waals surface area contributed by atoms with Crippen LogP contribution in [0.15, 0.2) is 12.3 Å². The lowest BCUT2D eigenvalue weighted by Gasteiger charge is -2.17. The molecule has 0 amide bonds. The van der Waals surface area contributed by atoms with Gasteiger partial charge in [-0.1, -0.05) is 6.92 Å². The molecule has 0 aromatic carbocycles. The van der Waals surface area contributed by atoms with Crippen LogP contribution in [0.1, 0.15) is 37.9 Å². The van der Waals surface area contributed by atoms with Crippen LogP contribution in [0, 0.1) is 12.3 Å². The number of terminal acetylenes is 1. The lowest BCUT2D eigenvalue weighted by Crippen LogP contribution is -2.24. The Balaban J connectivity index is 2.63. The van der Waals surface area contributed by atoms with Crippen LogP contribution in [-0.4, -0.2) is 16.3 Å². The summed E-state index contributed by atoms with van der Waals surface area (Å²) >= 11 is 0. The maximum absolute atomic E-state index is 5.30.